The fourth-order valence-electron chi connectivity index (χ4n) is 1.53. The number of thioether (sulfide) groups is 1. The van der Waals surface area contributed by atoms with Crippen molar-refractivity contribution in [1.29, 1.82) is 0 Å². The number of nitrogens with one attached hydrogen (secondary N) is 1. The Balaban J connectivity index is 2.27. The molecule has 0 aliphatic rings. The topological polar surface area (TPSA) is 29.1 Å². The molecular weight excluding hydrogens is 242 g/mol. The number of carbonyl (C=O) groups excluding carboxylic acids is 1. The molecule has 2 nitrogen and oxygen atoms in total. The van der Waals surface area contributed by atoms with Crippen LogP contribution in [0.15, 0.2) is 24.3 Å². The summed E-state index contributed by atoms with van der Waals surface area (Å²) in [4.78, 5) is 11.7. The van der Waals surface area contributed by atoms with Crippen LogP contribution in [0.5, 0.6) is 0 Å². The van der Waals surface area contributed by atoms with Gasteiger partial charge in [0, 0.05) is 11.8 Å². The van der Waals surface area contributed by atoms with Gasteiger partial charge in [-0.25, -0.2) is 0 Å². The van der Waals surface area contributed by atoms with Crippen LogP contribution in [0.4, 0.5) is 0 Å². The Morgan fingerprint density at radius 2 is 2.06 bits per heavy atom. The first-order valence-corrected chi connectivity index (χ1v) is 7.57. The second-order valence-electron chi connectivity index (χ2n) is 5.08. The van der Waals surface area contributed by atoms with Gasteiger partial charge in [0.2, 0.25) is 5.91 Å². The monoisotopic (exact) mass is 265 g/mol. The quantitative estimate of drug-likeness (QED) is 0.854. The van der Waals surface area contributed by atoms with E-state index in [0.29, 0.717) is 11.7 Å². The zero-order chi connectivity index (χ0) is 13.5. The van der Waals surface area contributed by atoms with Gasteiger partial charge in [-0.15, -0.1) is 11.8 Å². The smallest absolute Gasteiger partial charge is 0.230 e. The third kappa shape index (κ3) is 5.58. The van der Waals surface area contributed by atoms with E-state index in [-0.39, 0.29) is 11.9 Å². The van der Waals surface area contributed by atoms with Crippen molar-refractivity contribution < 1.29 is 4.79 Å². The summed E-state index contributed by atoms with van der Waals surface area (Å²) in [5, 5.41) is 3.02. The lowest BCUT2D eigenvalue weighted by Gasteiger charge is -2.17. The van der Waals surface area contributed by atoms with Crippen molar-refractivity contribution in [3.05, 3.63) is 35.4 Å². The summed E-state index contributed by atoms with van der Waals surface area (Å²) >= 11 is 1.66. The molecule has 1 aromatic rings. The normalized spacial score (nSPS) is 12.5. The first kappa shape index (κ1) is 15.1. The first-order chi connectivity index (χ1) is 8.49. The molecule has 0 aliphatic carbocycles. The molecule has 1 atom stereocenters. The Morgan fingerprint density at radius 1 is 1.33 bits per heavy atom. The molecular formula is C15H23NOS. The second kappa shape index (κ2) is 7.47. The van der Waals surface area contributed by atoms with Gasteiger partial charge in [0.05, 0.1) is 5.75 Å². The molecule has 0 saturated carbocycles. The molecule has 3 heteroatoms. The Hall–Kier alpha value is -0.960. The molecule has 18 heavy (non-hydrogen) atoms. The van der Waals surface area contributed by atoms with Crippen LogP contribution in [0.3, 0.4) is 0 Å². The van der Waals surface area contributed by atoms with Crippen molar-refractivity contribution >= 4 is 17.7 Å². The zero-order valence-corrected chi connectivity index (χ0v) is 12.5. The van der Waals surface area contributed by atoms with Crippen LogP contribution in [0.25, 0.3) is 0 Å². The van der Waals surface area contributed by atoms with Crippen LogP contribution in [0.2, 0.25) is 0 Å². The number of hydrogen-bond acceptors (Lipinski definition) is 2. The summed E-state index contributed by atoms with van der Waals surface area (Å²) in [6, 6.07) is 8.67. The maximum atomic E-state index is 11.7. The second-order valence-corrected chi connectivity index (χ2v) is 6.07. The average Bonchev–Trinajstić information content (AvgIpc) is 2.28. The van der Waals surface area contributed by atoms with Gasteiger partial charge in [-0.3, -0.25) is 4.79 Å². The van der Waals surface area contributed by atoms with Crippen LogP contribution < -0.4 is 5.32 Å². The third-order valence-corrected chi connectivity index (χ3v) is 3.98. The third-order valence-electron chi connectivity index (χ3n) is 2.97. The highest BCUT2D eigenvalue weighted by molar-refractivity contribution is 7.99. The SMILES string of the molecule is Cc1cccc(CSCC(=O)NC(C)C(C)C)c1. The van der Waals surface area contributed by atoms with Crippen LogP contribution >= 0.6 is 11.8 Å². The number of amides is 1. The molecule has 1 amide bonds. The fraction of sp³-hybridized carbons (Fsp3) is 0.533. The maximum Gasteiger partial charge on any atom is 0.230 e. The molecule has 1 rings (SSSR count). The van der Waals surface area contributed by atoms with Crippen molar-refractivity contribution in [3.63, 3.8) is 0 Å². The van der Waals surface area contributed by atoms with Crippen LogP contribution in [-0.4, -0.2) is 17.7 Å². The van der Waals surface area contributed by atoms with E-state index in [1.807, 2.05) is 6.92 Å². The van der Waals surface area contributed by atoms with E-state index in [9.17, 15) is 4.79 Å². The van der Waals surface area contributed by atoms with Gasteiger partial charge in [-0.1, -0.05) is 43.7 Å². The van der Waals surface area contributed by atoms with Gasteiger partial charge in [-0.2, -0.15) is 0 Å². The molecule has 100 valence electrons. The highest BCUT2D eigenvalue weighted by Crippen LogP contribution is 2.13. The lowest BCUT2D eigenvalue weighted by Crippen LogP contribution is -2.37. The predicted molar refractivity (Wildman–Crippen MR) is 79.8 cm³/mol. The van der Waals surface area contributed by atoms with E-state index in [1.54, 1.807) is 11.8 Å². The molecule has 0 heterocycles. The van der Waals surface area contributed by atoms with E-state index >= 15 is 0 Å². The molecule has 1 unspecified atom stereocenters. The lowest BCUT2D eigenvalue weighted by molar-refractivity contribution is -0.119. The molecule has 0 saturated heterocycles. The van der Waals surface area contributed by atoms with Crippen molar-refractivity contribution in [1.82, 2.24) is 5.32 Å². The number of rotatable bonds is 6. The molecule has 1 aromatic carbocycles. The highest BCUT2D eigenvalue weighted by Gasteiger charge is 2.10. The molecule has 0 spiro atoms. The van der Waals surface area contributed by atoms with Gasteiger partial charge >= 0.3 is 0 Å². The summed E-state index contributed by atoms with van der Waals surface area (Å²) in [6.07, 6.45) is 0. The zero-order valence-electron chi connectivity index (χ0n) is 11.7. The summed E-state index contributed by atoms with van der Waals surface area (Å²) in [5.74, 6) is 2.04. The van der Waals surface area contributed by atoms with E-state index in [1.165, 1.54) is 11.1 Å². The summed E-state index contributed by atoms with van der Waals surface area (Å²) in [6.45, 7) is 8.37. The molecule has 0 bridgehead atoms. The van der Waals surface area contributed by atoms with E-state index in [4.69, 9.17) is 0 Å². The van der Waals surface area contributed by atoms with Gasteiger partial charge < -0.3 is 5.32 Å². The highest BCUT2D eigenvalue weighted by atomic mass is 32.2. The molecule has 1 N–H and O–H groups in total. The Kier molecular flexibility index (Phi) is 6.27. The fourth-order valence-corrected chi connectivity index (χ4v) is 2.31. The standard InChI is InChI=1S/C15H23NOS/c1-11(2)13(4)16-15(17)10-18-9-14-7-5-6-12(3)8-14/h5-8,11,13H,9-10H2,1-4H3,(H,16,17). The van der Waals surface area contributed by atoms with Crippen molar-refractivity contribution in [2.45, 2.75) is 39.5 Å². The Morgan fingerprint density at radius 3 is 2.67 bits per heavy atom. The van der Waals surface area contributed by atoms with E-state index < -0.39 is 0 Å². The van der Waals surface area contributed by atoms with E-state index in [0.717, 1.165) is 5.75 Å². The molecule has 0 aromatic heterocycles. The summed E-state index contributed by atoms with van der Waals surface area (Å²) in [7, 11) is 0. The molecule has 0 aliphatic heterocycles. The van der Waals surface area contributed by atoms with Gasteiger partial charge in [0.15, 0.2) is 0 Å². The van der Waals surface area contributed by atoms with Crippen LogP contribution in [-0.2, 0) is 10.5 Å². The summed E-state index contributed by atoms with van der Waals surface area (Å²) in [5.41, 5.74) is 2.55. The van der Waals surface area contributed by atoms with Gasteiger partial charge in [-0.05, 0) is 25.3 Å². The predicted octanol–water partition coefficient (Wildman–Crippen LogP) is 3.39. The molecule has 0 fully saturated rings. The van der Waals surface area contributed by atoms with Crippen LogP contribution in [0, 0.1) is 12.8 Å². The van der Waals surface area contributed by atoms with Crippen molar-refractivity contribution in [3.8, 4) is 0 Å². The minimum Gasteiger partial charge on any atom is -0.353 e. The van der Waals surface area contributed by atoms with Crippen molar-refractivity contribution in [2.24, 2.45) is 5.92 Å². The average molecular weight is 265 g/mol. The van der Waals surface area contributed by atoms with Crippen LogP contribution in [0.1, 0.15) is 31.9 Å². The van der Waals surface area contributed by atoms with Gasteiger partial charge in [0.25, 0.3) is 0 Å². The minimum atomic E-state index is 0.133. The van der Waals surface area contributed by atoms with E-state index in [2.05, 4.69) is 50.4 Å². The minimum absolute atomic E-state index is 0.133. The Labute approximate surface area is 115 Å². The first-order valence-electron chi connectivity index (χ1n) is 6.41. The number of aryl methyl sites for hydroxylation is 1. The number of hydrogen-bond donors (Lipinski definition) is 1. The molecule has 0 radical (unpaired) electrons. The maximum absolute atomic E-state index is 11.7. The number of carbonyl (C=O) groups is 1. The van der Waals surface area contributed by atoms with Gasteiger partial charge in [0.1, 0.15) is 0 Å². The number of benzene rings is 1. The van der Waals surface area contributed by atoms with Crippen molar-refractivity contribution in [2.75, 3.05) is 5.75 Å². The Bertz CT molecular complexity index is 390. The largest absolute Gasteiger partial charge is 0.353 e. The lowest BCUT2D eigenvalue weighted by atomic mass is 10.1. The summed E-state index contributed by atoms with van der Waals surface area (Å²) < 4.78 is 0.